The summed E-state index contributed by atoms with van der Waals surface area (Å²) in [6, 6.07) is 3.98. The van der Waals surface area contributed by atoms with E-state index in [9.17, 15) is 14.9 Å². The minimum Gasteiger partial charge on any atom is -0.477 e. The lowest BCUT2D eigenvalue weighted by atomic mass is 10.1. The fraction of sp³-hybridized carbons (Fsp3) is 0.417. The molecule has 0 saturated heterocycles. The van der Waals surface area contributed by atoms with Gasteiger partial charge in [0.15, 0.2) is 0 Å². The van der Waals surface area contributed by atoms with E-state index in [1.54, 1.807) is 6.92 Å². The van der Waals surface area contributed by atoms with Crippen LogP contribution in [0.15, 0.2) is 18.2 Å². The Morgan fingerprint density at radius 2 is 1.71 bits per heavy atom. The monoisotopic (exact) mass is 241 g/mol. The molecule has 0 unspecified atom stereocenters. The van der Waals surface area contributed by atoms with Crippen LogP contribution in [0.3, 0.4) is 0 Å². The molecule has 96 valence electrons. The SMILES string of the molecule is CC.CC.Cc1ccc([N+](=O)[O-])c(C(=O)O)c1. The van der Waals surface area contributed by atoms with Crippen molar-refractivity contribution in [1.82, 2.24) is 0 Å². The van der Waals surface area contributed by atoms with Gasteiger partial charge in [-0.1, -0.05) is 33.8 Å². The van der Waals surface area contributed by atoms with Gasteiger partial charge >= 0.3 is 5.97 Å². The van der Waals surface area contributed by atoms with E-state index in [4.69, 9.17) is 5.11 Å². The van der Waals surface area contributed by atoms with E-state index in [0.717, 1.165) is 0 Å². The maximum Gasteiger partial charge on any atom is 0.342 e. The predicted octanol–water partition coefficient (Wildman–Crippen LogP) is 3.65. The lowest BCUT2D eigenvalue weighted by molar-refractivity contribution is -0.385. The Hall–Kier alpha value is -1.91. The van der Waals surface area contributed by atoms with Crippen molar-refractivity contribution in [3.63, 3.8) is 0 Å². The first-order valence-electron chi connectivity index (χ1n) is 5.50. The molecule has 1 aromatic rings. The Morgan fingerprint density at radius 1 is 1.24 bits per heavy atom. The molecule has 0 aliphatic carbocycles. The standard InChI is InChI=1S/C8H7NO4.2C2H6/c1-5-2-3-7(9(12)13)6(4-5)8(10)11;2*1-2/h2-4H,1H3,(H,10,11);2*1-2H3. The number of nitro benzene ring substituents is 1. The molecular weight excluding hydrogens is 222 g/mol. The van der Waals surface area contributed by atoms with Crippen LogP contribution in [0.25, 0.3) is 0 Å². The molecule has 0 aromatic heterocycles. The van der Waals surface area contributed by atoms with Crippen LogP contribution in [0.1, 0.15) is 43.6 Å². The third kappa shape index (κ3) is 5.65. The quantitative estimate of drug-likeness (QED) is 0.633. The van der Waals surface area contributed by atoms with Crippen LogP contribution >= 0.6 is 0 Å². The molecule has 0 heterocycles. The van der Waals surface area contributed by atoms with E-state index in [-0.39, 0.29) is 11.3 Å². The number of carboxylic acids is 1. The molecule has 17 heavy (non-hydrogen) atoms. The van der Waals surface area contributed by atoms with Crippen LogP contribution in [0.4, 0.5) is 5.69 Å². The van der Waals surface area contributed by atoms with Crippen molar-refractivity contribution >= 4 is 11.7 Å². The third-order valence-corrected chi connectivity index (χ3v) is 1.58. The minimum absolute atomic E-state index is 0.273. The Kier molecular flexibility index (Phi) is 9.59. The smallest absolute Gasteiger partial charge is 0.342 e. The number of carbonyl (C=O) groups is 1. The summed E-state index contributed by atoms with van der Waals surface area (Å²) in [6.45, 7) is 9.68. The molecular formula is C12H19NO4. The van der Waals surface area contributed by atoms with Gasteiger partial charge in [-0.05, 0) is 18.6 Å². The lowest BCUT2D eigenvalue weighted by Gasteiger charge is -1.98. The first-order valence-corrected chi connectivity index (χ1v) is 5.50. The molecule has 0 spiro atoms. The summed E-state index contributed by atoms with van der Waals surface area (Å²) < 4.78 is 0. The van der Waals surface area contributed by atoms with Gasteiger partial charge in [0, 0.05) is 6.07 Å². The van der Waals surface area contributed by atoms with E-state index in [0.29, 0.717) is 5.56 Å². The number of nitro groups is 1. The van der Waals surface area contributed by atoms with E-state index in [1.807, 2.05) is 27.7 Å². The van der Waals surface area contributed by atoms with Gasteiger partial charge in [0.2, 0.25) is 0 Å². The average Bonchev–Trinajstić information content (AvgIpc) is 2.33. The van der Waals surface area contributed by atoms with Gasteiger partial charge in [-0.25, -0.2) is 4.79 Å². The second kappa shape index (κ2) is 9.33. The van der Waals surface area contributed by atoms with Crippen LogP contribution in [-0.2, 0) is 0 Å². The summed E-state index contributed by atoms with van der Waals surface area (Å²) >= 11 is 0. The number of hydrogen-bond acceptors (Lipinski definition) is 3. The van der Waals surface area contributed by atoms with Gasteiger partial charge in [0.25, 0.3) is 5.69 Å². The topological polar surface area (TPSA) is 80.4 Å². The molecule has 5 nitrogen and oxygen atoms in total. The Balaban J connectivity index is 0. The number of nitrogens with zero attached hydrogens (tertiary/aromatic N) is 1. The number of carboxylic acid groups (broad SMARTS) is 1. The highest BCUT2D eigenvalue weighted by atomic mass is 16.6. The van der Waals surface area contributed by atoms with Gasteiger partial charge < -0.3 is 5.11 Å². The highest BCUT2D eigenvalue weighted by Crippen LogP contribution is 2.19. The third-order valence-electron chi connectivity index (χ3n) is 1.58. The highest BCUT2D eigenvalue weighted by Gasteiger charge is 2.18. The van der Waals surface area contributed by atoms with Crippen molar-refractivity contribution in [2.24, 2.45) is 0 Å². The molecule has 0 aliphatic rings. The first-order chi connectivity index (χ1) is 8.02. The maximum absolute atomic E-state index is 10.6. The maximum atomic E-state index is 10.6. The molecule has 5 heteroatoms. The van der Waals surface area contributed by atoms with Crippen LogP contribution in [0.2, 0.25) is 0 Å². The molecule has 0 saturated carbocycles. The van der Waals surface area contributed by atoms with Gasteiger partial charge in [-0.15, -0.1) is 0 Å². The first kappa shape index (κ1) is 17.5. The van der Waals surface area contributed by atoms with Gasteiger partial charge in [-0.2, -0.15) is 0 Å². The molecule has 0 bridgehead atoms. The summed E-state index contributed by atoms with van der Waals surface area (Å²) in [7, 11) is 0. The van der Waals surface area contributed by atoms with Crippen molar-refractivity contribution in [2.75, 3.05) is 0 Å². The van der Waals surface area contributed by atoms with E-state index in [1.165, 1.54) is 18.2 Å². The van der Waals surface area contributed by atoms with Crippen LogP contribution in [-0.4, -0.2) is 16.0 Å². The Bertz CT molecular complexity index is 375. The fourth-order valence-corrected chi connectivity index (χ4v) is 0.980. The average molecular weight is 241 g/mol. The second-order valence-electron chi connectivity index (χ2n) is 2.58. The zero-order valence-electron chi connectivity index (χ0n) is 10.9. The van der Waals surface area contributed by atoms with Crippen LogP contribution < -0.4 is 0 Å². The van der Waals surface area contributed by atoms with Crippen molar-refractivity contribution in [3.05, 3.63) is 39.4 Å². The molecule has 0 aliphatic heterocycles. The van der Waals surface area contributed by atoms with E-state index < -0.39 is 10.9 Å². The number of aryl methyl sites for hydroxylation is 1. The summed E-state index contributed by atoms with van der Waals surface area (Å²) in [5.41, 5.74) is 0.0334. The molecule has 0 fully saturated rings. The number of rotatable bonds is 2. The van der Waals surface area contributed by atoms with Gasteiger partial charge in [0.1, 0.15) is 5.56 Å². The largest absolute Gasteiger partial charge is 0.477 e. The highest BCUT2D eigenvalue weighted by molar-refractivity contribution is 5.92. The fourth-order valence-electron chi connectivity index (χ4n) is 0.980. The van der Waals surface area contributed by atoms with Crippen molar-refractivity contribution < 1.29 is 14.8 Å². The lowest BCUT2D eigenvalue weighted by Crippen LogP contribution is -2.02. The Labute approximate surface area is 101 Å². The van der Waals surface area contributed by atoms with Crippen molar-refractivity contribution in [2.45, 2.75) is 34.6 Å². The minimum atomic E-state index is -1.28. The van der Waals surface area contributed by atoms with Crippen LogP contribution in [0, 0.1) is 17.0 Å². The molecule has 0 atom stereocenters. The second-order valence-corrected chi connectivity index (χ2v) is 2.58. The Morgan fingerprint density at radius 3 is 2.06 bits per heavy atom. The normalized spacial score (nSPS) is 8.06. The molecule has 0 amide bonds. The summed E-state index contributed by atoms with van der Waals surface area (Å²) in [5, 5.41) is 19.0. The zero-order chi connectivity index (χ0) is 14.0. The van der Waals surface area contributed by atoms with Crippen molar-refractivity contribution in [1.29, 1.82) is 0 Å². The number of hydrogen-bond donors (Lipinski definition) is 1. The molecule has 1 aromatic carbocycles. The zero-order valence-corrected chi connectivity index (χ0v) is 10.9. The summed E-state index contributed by atoms with van der Waals surface area (Å²) in [6.07, 6.45) is 0. The van der Waals surface area contributed by atoms with Crippen molar-refractivity contribution in [3.8, 4) is 0 Å². The molecule has 1 N–H and O–H groups in total. The van der Waals surface area contributed by atoms with Gasteiger partial charge in [0.05, 0.1) is 4.92 Å². The molecule has 0 radical (unpaired) electrons. The van der Waals surface area contributed by atoms with E-state index in [2.05, 4.69) is 0 Å². The number of aromatic carboxylic acids is 1. The summed E-state index contributed by atoms with van der Waals surface area (Å²) in [4.78, 5) is 20.2. The van der Waals surface area contributed by atoms with E-state index >= 15 is 0 Å². The summed E-state index contributed by atoms with van der Waals surface area (Å²) in [5.74, 6) is -1.28. The number of benzene rings is 1. The predicted molar refractivity (Wildman–Crippen MR) is 67.5 cm³/mol. The molecule has 1 rings (SSSR count). The van der Waals surface area contributed by atoms with Crippen LogP contribution in [0.5, 0.6) is 0 Å². The van der Waals surface area contributed by atoms with Gasteiger partial charge in [-0.3, -0.25) is 10.1 Å².